The Hall–Kier alpha value is -2.86. The number of nitrogens with zero attached hydrogens (tertiary/aromatic N) is 3. The van der Waals surface area contributed by atoms with Gasteiger partial charge in [-0.3, -0.25) is 4.79 Å². The molecule has 1 aromatic carbocycles. The average Bonchev–Trinajstić information content (AvgIpc) is 3.40. The molecule has 0 spiro atoms. The summed E-state index contributed by atoms with van der Waals surface area (Å²) in [5, 5.41) is 7.71. The summed E-state index contributed by atoms with van der Waals surface area (Å²) < 4.78 is 9.39. The number of ether oxygens (including phenoxy) is 1. The molecule has 0 saturated carbocycles. The van der Waals surface area contributed by atoms with Gasteiger partial charge in [0.1, 0.15) is 5.56 Å². The Morgan fingerprint density at radius 2 is 2.07 bits per heavy atom. The third-order valence-corrected chi connectivity index (χ3v) is 4.87. The van der Waals surface area contributed by atoms with Gasteiger partial charge in [-0.1, -0.05) is 12.1 Å². The zero-order chi connectivity index (χ0) is 18.8. The van der Waals surface area contributed by atoms with Crippen molar-refractivity contribution < 1.29 is 9.53 Å². The molecule has 1 fully saturated rings. The van der Waals surface area contributed by atoms with E-state index in [0.29, 0.717) is 17.8 Å². The van der Waals surface area contributed by atoms with Gasteiger partial charge in [0.2, 0.25) is 0 Å². The number of hydrogen-bond acceptors (Lipinski definition) is 3. The minimum absolute atomic E-state index is 0.108. The van der Waals surface area contributed by atoms with Crippen molar-refractivity contribution in [2.75, 3.05) is 13.2 Å². The lowest BCUT2D eigenvalue weighted by molar-refractivity contribution is 0.0857. The van der Waals surface area contributed by atoms with Crippen LogP contribution in [0, 0.1) is 13.8 Å². The highest BCUT2D eigenvalue weighted by molar-refractivity contribution is 5.98. The minimum Gasteiger partial charge on any atom is -0.376 e. The van der Waals surface area contributed by atoms with E-state index < -0.39 is 0 Å². The highest BCUT2D eigenvalue weighted by Crippen LogP contribution is 2.23. The molecule has 0 radical (unpaired) electrons. The molecule has 3 aromatic rings. The lowest BCUT2D eigenvalue weighted by Crippen LogP contribution is -2.32. The second-order valence-corrected chi connectivity index (χ2v) is 6.97. The SMILES string of the molecule is Cc1cccc(-n2nc(C)c(C(=O)NC[C@@H]3CCCO3)c2-n2cccc2)c1. The van der Waals surface area contributed by atoms with Crippen LogP contribution < -0.4 is 5.32 Å². The number of carbonyl (C=O) groups is 1. The number of aromatic nitrogens is 3. The van der Waals surface area contributed by atoms with Gasteiger partial charge in [0, 0.05) is 25.5 Å². The number of hydrogen-bond donors (Lipinski definition) is 1. The molecular formula is C21H24N4O2. The van der Waals surface area contributed by atoms with Gasteiger partial charge in [0.05, 0.1) is 17.5 Å². The van der Waals surface area contributed by atoms with Crippen LogP contribution in [-0.2, 0) is 4.74 Å². The highest BCUT2D eigenvalue weighted by atomic mass is 16.5. The van der Waals surface area contributed by atoms with Gasteiger partial charge in [-0.15, -0.1) is 0 Å². The van der Waals surface area contributed by atoms with Crippen molar-refractivity contribution in [3.8, 4) is 11.5 Å². The van der Waals surface area contributed by atoms with Crippen molar-refractivity contribution in [2.45, 2.75) is 32.8 Å². The molecule has 0 aliphatic carbocycles. The number of amides is 1. The second-order valence-electron chi connectivity index (χ2n) is 6.97. The molecule has 1 amide bonds. The Morgan fingerprint density at radius 3 is 2.78 bits per heavy atom. The number of nitrogens with one attached hydrogen (secondary N) is 1. The Kier molecular flexibility index (Phi) is 4.81. The Bertz CT molecular complexity index is 937. The molecule has 2 aromatic heterocycles. The van der Waals surface area contributed by atoms with E-state index in [-0.39, 0.29) is 12.0 Å². The molecule has 0 bridgehead atoms. The molecule has 27 heavy (non-hydrogen) atoms. The summed E-state index contributed by atoms with van der Waals surface area (Å²) in [7, 11) is 0. The van der Waals surface area contributed by atoms with Crippen LogP contribution >= 0.6 is 0 Å². The van der Waals surface area contributed by atoms with Crippen molar-refractivity contribution in [2.24, 2.45) is 0 Å². The maximum absolute atomic E-state index is 13.0. The van der Waals surface area contributed by atoms with E-state index >= 15 is 0 Å². The van der Waals surface area contributed by atoms with Crippen LogP contribution in [-0.4, -0.2) is 39.5 Å². The highest BCUT2D eigenvalue weighted by Gasteiger charge is 2.25. The smallest absolute Gasteiger partial charge is 0.257 e. The van der Waals surface area contributed by atoms with Gasteiger partial charge in [0.25, 0.3) is 5.91 Å². The second kappa shape index (κ2) is 7.40. The number of benzene rings is 1. The van der Waals surface area contributed by atoms with Crippen LogP contribution in [0.3, 0.4) is 0 Å². The Labute approximate surface area is 158 Å². The first-order valence-electron chi connectivity index (χ1n) is 9.33. The largest absolute Gasteiger partial charge is 0.376 e. The van der Waals surface area contributed by atoms with E-state index in [1.807, 2.05) is 65.8 Å². The first-order chi connectivity index (χ1) is 13.1. The molecule has 4 rings (SSSR count). The van der Waals surface area contributed by atoms with Crippen LogP contribution in [0.5, 0.6) is 0 Å². The van der Waals surface area contributed by atoms with Crippen LogP contribution in [0.2, 0.25) is 0 Å². The minimum atomic E-state index is -0.120. The van der Waals surface area contributed by atoms with E-state index in [1.54, 1.807) is 0 Å². The van der Waals surface area contributed by atoms with Crippen LogP contribution in [0.15, 0.2) is 48.8 Å². The third kappa shape index (κ3) is 3.53. The predicted octanol–water partition coefficient (Wildman–Crippen LogP) is 3.19. The van der Waals surface area contributed by atoms with Crippen molar-refractivity contribution in [3.05, 3.63) is 65.6 Å². The van der Waals surface area contributed by atoms with Crippen molar-refractivity contribution in [1.82, 2.24) is 19.7 Å². The normalized spacial score (nSPS) is 16.6. The van der Waals surface area contributed by atoms with Crippen molar-refractivity contribution in [3.63, 3.8) is 0 Å². The van der Waals surface area contributed by atoms with E-state index in [0.717, 1.165) is 36.5 Å². The fourth-order valence-corrected chi connectivity index (χ4v) is 3.54. The quantitative estimate of drug-likeness (QED) is 0.756. The summed E-state index contributed by atoms with van der Waals surface area (Å²) in [6.07, 6.45) is 6.02. The topological polar surface area (TPSA) is 61.1 Å². The van der Waals surface area contributed by atoms with Crippen LogP contribution in [0.1, 0.15) is 34.5 Å². The van der Waals surface area contributed by atoms with Gasteiger partial charge in [-0.25, -0.2) is 4.68 Å². The summed E-state index contributed by atoms with van der Waals surface area (Å²) in [5.74, 6) is 0.624. The summed E-state index contributed by atoms with van der Waals surface area (Å²) in [6, 6.07) is 12.0. The molecule has 6 nitrogen and oxygen atoms in total. The monoisotopic (exact) mass is 364 g/mol. The van der Waals surface area contributed by atoms with E-state index in [4.69, 9.17) is 4.74 Å². The summed E-state index contributed by atoms with van der Waals surface area (Å²) in [4.78, 5) is 13.0. The van der Waals surface area contributed by atoms with E-state index in [9.17, 15) is 4.79 Å². The zero-order valence-electron chi connectivity index (χ0n) is 15.7. The average molecular weight is 364 g/mol. The fraction of sp³-hybridized carbons (Fsp3) is 0.333. The maximum Gasteiger partial charge on any atom is 0.257 e. The predicted molar refractivity (Wildman–Crippen MR) is 104 cm³/mol. The number of aryl methyl sites for hydroxylation is 2. The van der Waals surface area contributed by atoms with E-state index in [1.165, 1.54) is 0 Å². The van der Waals surface area contributed by atoms with Gasteiger partial charge in [0.15, 0.2) is 5.82 Å². The molecule has 1 aliphatic rings. The molecule has 1 saturated heterocycles. The lowest BCUT2D eigenvalue weighted by atomic mass is 10.2. The summed E-state index contributed by atoms with van der Waals surface area (Å²) in [5.41, 5.74) is 3.36. The lowest BCUT2D eigenvalue weighted by Gasteiger charge is -2.13. The molecule has 0 unspecified atom stereocenters. The molecule has 140 valence electrons. The molecule has 3 heterocycles. The molecule has 1 atom stereocenters. The van der Waals surface area contributed by atoms with Gasteiger partial charge < -0.3 is 14.6 Å². The maximum atomic E-state index is 13.0. The third-order valence-electron chi connectivity index (χ3n) is 4.87. The van der Waals surface area contributed by atoms with E-state index in [2.05, 4.69) is 16.5 Å². The number of rotatable bonds is 5. The number of carbonyl (C=O) groups excluding carboxylic acids is 1. The summed E-state index contributed by atoms with van der Waals surface area (Å²) in [6.45, 7) is 5.23. The molecule has 1 aliphatic heterocycles. The zero-order valence-corrected chi connectivity index (χ0v) is 15.7. The first kappa shape index (κ1) is 17.5. The van der Waals surface area contributed by atoms with Gasteiger partial charge in [-0.05, 0) is 56.5 Å². The van der Waals surface area contributed by atoms with Crippen molar-refractivity contribution >= 4 is 5.91 Å². The molecular weight excluding hydrogens is 340 g/mol. The Balaban J connectivity index is 1.73. The van der Waals surface area contributed by atoms with Crippen LogP contribution in [0.4, 0.5) is 0 Å². The molecule has 6 heteroatoms. The fourth-order valence-electron chi connectivity index (χ4n) is 3.54. The Morgan fingerprint density at radius 1 is 1.26 bits per heavy atom. The standard InChI is InChI=1S/C21H24N4O2/c1-15-7-5-8-17(13-15)25-21(24-10-3-4-11-24)19(16(2)23-25)20(26)22-14-18-9-6-12-27-18/h3-5,7-8,10-11,13,18H,6,9,12,14H2,1-2H3,(H,22,26)/t18-/m0/s1. The van der Waals surface area contributed by atoms with Crippen molar-refractivity contribution in [1.29, 1.82) is 0 Å². The van der Waals surface area contributed by atoms with Gasteiger partial charge >= 0.3 is 0 Å². The van der Waals surface area contributed by atoms with Gasteiger partial charge in [-0.2, -0.15) is 5.10 Å². The van der Waals surface area contributed by atoms with Crippen LogP contribution in [0.25, 0.3) is 11.5 Å². The molecule has 1 N–H and O–H groups in total. The summed E-state index contributed by atoms with van der Waals surface area (Å²) >= 11 is 0. The first-order valence-corrected chi connectivity index (χ1v) is 9.33.